The zero-order chi connectivity index (χ0) is 33.9. The Morgan fingerprint density at radius 3 is 2.36 bits per heavy atom. The molecule has 0 aliphatic carbocycles. The minimum absolute atomic E-state index is 0.0300. The van der Waals surface area contributed by atoms with Crippen LogP contribution in [0.3, 0.4) is 0 Å². The molecule has 0 spiro atoms. The molecule has 12 heteroatoms. The van der Waals surface area contributed by atoms with Crippen molar-refractivity contribution in [3.05, 3.63) is 83.4 Å². The first-order valence-corrected chi connectivity index (χ1v) is 17.2. The third kappa shape index (κ3) is 8.42. The molecule has 3 heterocycles. The van der Waals surface area contributed by atoms with Crippen molar-refractivity contribution in [1.82, 2.24) is 24.8 Å². The van der Waals surface area contributed by atoms with E-state index in [-0.39, 0.29) is 52.9 Å². The number of rotatable bonds is 7. The minimum atomic E-state index is -4.18. The Labute approximate surface area is 276 Å². The molecule has 1 aliphatic rings. The van der Waals surface area contributed by atoms with E-state index in [9.17, 15) is 13.2 Å². The standard InChI is InChI=1S/C35H42N6O5S/c1-22(2)46-27-18-36-30(37-19-27)20-41-26(14-15-35(5,6)7)21-45-31-17-29(32-23(3)10-8-11-24(32)4)38-34(39-31)40-47(43,44)28-13-9-12-25(16-28)33(41)42/h8-13,16-19,22,26H,14-15,20-21H2,1-7H3,(H,38,39,40)/t26-/m0/s1. The van der Waals surface area contributed by atoms with Gasteiger partial charge >= 0.3 is 0 Å². The minimum Gasteiger partial charge on any atom is -0.488 e. The molecular formula is C35H42N6O5S. The van der Waals surface area contributed by atoms with Crippen LogP contribution in [-0.4, -0.2) is 57.9 Å². The number of anilines is 1. The van der Waals surface area contributed by atoms with Crippen LogP contribution < -0.4 is 14.2 Å². The van der Waals surface area contributed by atoms with Gasteiger partial charge in [0, 0.05) is 17.2 Å². The van der Waals surface area contributed by atoms with E-state index in [0.29, 0.717) is 23.7 Å². The molecule has 0 saturated heterocycles. The number of hydrogen-bond acceptors (Lipinski definition) is 9. The lowest BCUT2D eigenvalue weighted by Crippen LogP contribution is -2.44. The number of aromatic nitrogens is 4. The monoisotopic (exact) mass is 658 g/mol. The van der Waals surface area contributed by atoms with Crippen LogP contribution >= 0.6 is 0 Å². The van der Waals surface area contributed by atoms with Gasteiger partial charge in [-0.3, -0.25) is 4.79 Å². The summed E-state index contributed by atoms with van der Waals surface area (Å²) in [4.78, 5) is 33.9. The van der Waals surface area contributed by atoms with Crippen LogP contribution in [0.5, 0.6) is 11.6 Å². The number of sulfonamides is 1. The number of hydrogen-bond donors (Lipinski definition) is 1. The molecule has 2 aromatic carbocycles. The Bertz CT molecular complexity index is 1840. The molecule has 11 nitrogen and oxygen atoms in total. The van der Waals surface area contributed by atoms with Gasteiger partial charge in [-0.2, -0.15) is 4.98 Å². The molecule has 248 valence electrons. The average Bonchev–Trinajstić information content (AvgIpc) is 2.99. The first-order valence-electron chi connectivity index (χ1n) is 15.7. The van der Waals surface area contributed by atoms with Crippen molar-refractivity contribution >= 4 is 21.9 Å². The highest BCUT2D eigenvalue weighted by atomic mass is 32.2. The fourth-order valence-electron chi connectivity index (χ4n) is 5.42. The highest BCUT2D eigenvalue weighted by Gasteiger charge is 2.30. The SMILES string of the molecule is Cc1cccc(C)c1-c1cc2nc(n1)NS(=O)(=O)c1cccc(c1)C(=O)N(Cc1ncc(OC(C)C)cn1)[C@@H](CCC(C)(C)C)CO2. The van der Waals surface area contributed by atoms with E-state index in [1.807, 2.05) is 45.9 Å². The van der Waals surface area contributed by atoms with Gasteiger partial charge in [-0.25, -0.2) is 28.1 Å². The summed E-state index contributed by atoms with van der Waals surface area (Å²) in [6.07, 6.45) is 4.52. The maximum Gasteiger partial charge on any atom is 0.264 e. The van der Waals surface area contributed by atoms with E-state index in [4.69, 9.17) is 9.47 Å². The van der Waals surface area contributed by atoms with Crippen molar-refractivity contribution in [2.24, 2.45) is 5.41 Å². The summed E-state index contributed by atoms with van der Waals surface area (Å²) in [6.45, 7) is 14.4. The number of fused-ring (bicyclic) bond motifs is 4. The molecule has 1 amide bonds. The Balaban J connectivity index is 1.63. The van der Waals surface area contributed by atoms with Gasteiger partial charge in [-0.15, -0.1) is 0 Å². The maximum atomic E-state index is 14.3. The summed E-state index contributed by atoms with van der Waals surface area (Å²) in [5.41, 5.74) is 3.49. The van der Waals surface area contributed by atoms with Crippen molar-refractivity contribution < 1.29 is 22.7 Å². The summed E-state index contributed by atoms with van der Waals surface area (Å²) in [6, 6.07) is 13.1. The molecule has 47 heavy (non-hydrogen) atoms. The smallest absolute Gasteiger partial charge is 0.264 e. The van der Waals surface area contributed by atoms with Gasteiger partial charge in [0.25, 0.3) is 15.9 Å². The van der Waals surface area contributed by atoms with Gasteiger partial charge in [0.15, 0.2) is 5.75 Å². The second kappa shape index (κ2) is 13.6. The Kier molecular flexibility index (Phi) is 9.81. The Morgan fingerprint density at radius 2 is 1.70 bits per heavy atom. The molecule has 4 aromatic rings. The molecule has 1 aliphatic heterocycles. The second-order valence-corrected chi connectivity index (χ2v) is 15.0. The van der Waals surface area contributed by atoms with Crippen LogP contribution in [-0.2, 0) is 16.6 Å². The molecule has 0 fully saturated rings. The van der Waals surface area contributed by atoms with Gasteiger partial charge in [0.05, 0.1) is 41.7 Å². The van der Waals surface area contributed by atoms with Crippen LogP contribution in [0.1, 0.15) is 74.8 Å². The number of nitrogens with zero attached hydrogens (tertiary/aromatic N) is 5. The molecular weight excluding hydrogens is 616 g/mol. The predicted molar refractivity (Wildman–Crippen MR) is 180 cm³/mol. The lowest BCUT2D eigenvalue weighted by Gasteiger charge is -2.33. The number of aryl methyl sites for hydroxylation is 2. The van der Waals surface area contributed by atoms with E-state index in [2.05, 4.69) is 45.4 Å². The summed E-state index contributed by atoms with van der Waals surface area (Å²) in [5, 5.41) is 0. The quantitative estimate of drug-likeness (QED) is 0.240. The average molecular weight is 659 g/mol. The molecule has 0 saturated carbocycles. The number of amides is 1. The molecule has 1 atom stereocenters. The first kappa shape index (κ1) is 33.8. The van der Waals surface area contributed by atoms with E-state index < -0.39 is 16.1 Å². The van der Waals surface area contributed by atoms with Crippen molar-refractivity contribution in [2.75, 3.05) is 11.3 Å². The molecule has 0 unspecified atom stereocenters. The lowest BCUT2D eigenvalue weighted by molar-refractivity contribution is 0.0545. The molecule has 5 rings (SSSR count). The van der Waals surface area contributed by atoms with E-state index in [1.54, 1.807) is 35.5 Å². The van der Waals surface area contributed by atoms with Gasteiger partial charge < -0.3 is 14.4 Å². The maximum absolute atomic E-state index is 14.3. The number of carbonyl (C=O) groups is 1. The fourth-order valence-corrected chi connectivity index (χ4v) is 6.41. The van der Waals surface area contributed by atoms with Crippen LogP contribution in [0.25, 0.3) is 11.3 Å². The van der Waals surface area contributed by atoms with Gasteiger partial charge in [0.2, 0.25) is 11.8 Å². The lowest BCUT2D eigenvalue weighted by atomic mass is 9.88. The summed E-state index contributed by atoms with van der Waals surface area (Å²) < 4.78 is 41.8. The van der Waals surface area contributed by atoms with Gasteiger partial charge in [-0.05, 0) is 75.3 Å². The fraction of sp³-hybridized carbons (Fsp3) is 0.400. The van der Waals surface area contributed by atoms with Crippen molar-refractivity contribution in [3.63, 3.8) is 0 Å². The van der Waals surface area contributed by atoms with Gasteiger partial charge in [0.1, 0.15) is 12.4 Å². The van der Waals surface area contributed by atoms with Crippen LogP contribution in [0, 0.1) is 19.3 Å². The normalized spacial score (nSPS) is 16.4. The molecule has 4 bridgehead atoms. The molecule has 0 radical (unpaired) electrons. The van der Waals surface area contributed by atoms with E-state index in [1.165, 1.54) is 12.1 Å². The zero-order valence-electron chi connectivity index (χ0n) is 27.9. The highest BCUT2D eigenvalue weighted by Crippen LogP contribution is 2.31. The second-order valence-electron chi connectivity index (χ2n) is 13.3. The van der Waals surface area contributed by atoms with Crippen molar-refractivity contribution in [1.29, 1.82) is 0 Å². The zero-order valence-corrected chi connectivity index (χ0v) is 28.8. The third-order valence-corrected chi connectivity index (χ3v) is 9.10. The van der Waals surface area contributed by atoms with Crippen LogP contribution in [0.4, 0.5) is 5.95 Å². The summed E-state index contributed by atoms with van der Waals surface area (Å²) in [5.74, 6) is 0.616. The number of carbonyl (C=O) groups excluding carboxylic acids is 1. The predicted octanol–water partition coefficient (Wildman–Crippen LogP) is 6.37. The third-order valence-electron chi connectivity index (χ3n) is 7.77. The summed E-state index contributed by atoms with van der Waals surface area (Å²) >= 11 is 0. The Hall–Kier alpha value is -4.58. The highest BCUT2D eigenvalue weighted by molar-refractivity contribution is 7.92. The van der Waals surface area contributed by atoms with E-state index in [0.717, 1.165) is 23.1 Å². The first-order chi connectivity index (χ1) is 22.2. The van der Waals surface area contributed by atoms with Crippen LogP contribution in [0.2, 0.25) is 0 Å². The number of benzene rings is 2. The molecule has 2 aromatic heterocycles. The van der Waals surface area contributed by atoms with Crippen molar-refractivity contribution in [3.8, 4) is 22.9 Å². The van der Waals surface area contributed by atoms with Crippen molar-refractivity contribution in [2.45, 2.75) is 84.9 Å². The number of nitrogens with one attached hydrogen (secondary N) is 1. The molecule has 1 N–H and O–H groups in total. The van der Waals surface area contributed by atoms with Crippen LogP contribution in [0.15, 0.2) is 65.8 Å². The number of ether oxygens (including phenoxy) is 2. The topological polar surface area (TPSA) is 136 Å². The Morgan fingerprint density at radius 1 is 1.02 bits per heavy atom. The van der Waals surface area contributed by atoms with Gasteiger partial charge in [-0.1, -0.05) is 45.0 Å². The van der Waals surface area contributed by atoms with E-state index >= 15 is 0 Å². The summed E-state index contributed by atoms with van der Waals surface area (Å²) in [7, 11) is -4.18. The largest absolute Gasteiger partial charge is 0.488 e.